The molecule has 5 nitrogen and oxygen atoms in total. The van der Waals surface area contributed by atoms with Gasteiger partial charge in [0.25, 0.3) is 0 Å². The molecule has 0 saturated heterocycles. The molecule has 0 aromatic carbocycles. The van der Waals surface area contributed by atoms with E-state index in [1.165, 1.54) is 6.26 Å². The van der Waals surface area contributed by atoms with Crippen molar-refractivity contribution in [3.8, 4) is 11.5 Å². The Morgan fingerprint density at radius 1 is 1.40 bits per heavy atom. The summed E-state index contributed by atoms with van der Waals surface area (Å²) in [5.74, 6) is 0.117. The maximum atomic E-state index is 10.7. The average Bonchev–Trinajstić information content (AvgIpc) is 2.71. The molecule has 1 N–H and O–H groups in total. The number of carboxylic acids is 1. The molecule has 0 aliphatic carbocycles. The number of nitrogens with zero attached hydrogens (tertiary/aromatic N) is 1. The molecule has 15 heavy (non-hydrogen) atoms. The van der Waals surface area contributed by atoms with Crippen LogP contribution in [0.15, 0.2) is 21.2 Å². The third-order valence-corrected chi connectivity index (χ3v) is 2.09. The maximum absolute atomic E-state index is 10.7. The first-order valence-corrected chi connectivity index (χ1v) is 4.35. The van der Waals surface area contributed by atoms with E-state index in [1.807, 2.05) is 0 Å². The summed E-state index contributed by atoms with van der Waals surface area (Å²) in [6.45, 7) is 3.32. The third-order valence-electron chi connectivity index (χ3n) is 2.09. The zero-order valence-corrected chi connectivity index (χ0v) is 8.27. The highest BCUT2D eigenvalue weighted by Crippen LogP contribution is 2.25. The second-order valence-corrected chi connectivity index (χ2v) is 3.12. The lowest BCUT2D eigenvalue weighted by Crippen LogP contribution is -1.98. The van der Waals surface area contributed by atoms with E-state index in [2.05, 4.69) is 4.98 Å². The minimum absolute atomic E-state index is 0.0643. The lowest BCUT2D eigenvalue weighted by Gasteiger charge is -1.89. The van der Waals surface area contributed by atoms with Crippen LogP contribution in [0.2, 0.25) is 0 Å². The average molecular weight is 207 g/mol. The monoisotopic (exact) mass is 207 g/mol. The standard InChI is InChI=1S/C10H9NO4/c1-5-7(3-4-14-5)9-11-8(10(12)13)6(2)15-9/h3-4H,1-2H3,(H,12,13). The van der Waals surface area contributed by atoms with Gasteiger partial charge in [0.1, 0.15) is 11.5 Å². The number of carbonyl (C=O) groups is 1. The largest absolute Gasteiger partial charge is 0.476 e. The molecule has 2 heterocycles. The highest BCUT2D eigenvalue weighted by molar-refractivity contribution is 5.87. The number of aromatic carboxylic acids is 1. The molecule has 0 saturated carbocycles. The van der Waals surface area contributed by atoms with Crippen LogP contribution in [-0.2, 0) is 0 Å². The second kappa shape index (κ2) is 3.27. The van der Waals surface area contributed by atoms with Crippen LogP contribution in [0.5, 0.6) is 0 Å². The highest BCUT2D eigenvalue weighted by Gasteiger charge is 2.18. The Bertz CT molecular complexity index is 509. The van der Waals surface area contributed by atoms with Crippen LogP contribution in [0.1, 0.15) is 22.0 Å². The van der Waals surface area contributed by atoms with E-state index in [0.29, 0.717) is 11.3 Å². The summed E-state index contributed by atoms with van der Waals surface area (Å²) in [4.78, 5) is 14.6. The fourth-order valence-corrected chi connectivity index (χ4v) is 1.32. The molecule has 0 bridgehead atoms. The normalized spacial score (nSPS) is 10.5. The quantitative estimate of drug-likeness (QED) is 0.817. The van der Waals surface area contributed by atoms with Crippen LogP contribution in [0.4, 0.5) is 0 Å². The van der Waals surface area contributed by atoms with Gasteiger partial charge in [-0.2, -0.15) is 0 Å². The Kier molecular flexibility index (Phi) is 2.07. The van der Waals surface area contributed by atoms with E-state index >= 15 is 0 Å². The Hall–Kier alpha value is -2.04. The van der Waals surface area contributed by atoms with E-state index in [0.717, 1.165) is 0 Å². The lowest BCUT2D eigenvalue weighted by molar-refractivity contribution is 0.0689. The van der Waals surface area contributed by atoms with Crippen molar-refractivity contribution in [1.82, 2.24) is 4.98 Å². The van der Waals surface area contributed by atoms with E-state index in [4.69, 9.17) is 13.9 Å². The van der Waals surface area contributed by atoms with Crippen molar-refractivity contribution in [2.24, 2.45) is 0 Å². The summed E-state index contributed by atoms with van der Waals surface area (Å²) in [6.07, 6.45) is 1.50. The summed E-state index contributed by atoms with van der Waals surface area (Å²) in [7, 11) is 0. The Morgan fingerprint density at radius 2 is 2.13 bits per heavy atom. The minimum Gasteiger partial charge on any atom is -0.476 e. The van der Waals surface area contributed by atoms with Gasteiger partial charge in [-0.05, 0) is 19.9 Å². The molecule has 2 aromatic heterocycles. The number of aryl methyl sites for hydroxylation is 2. The Morgan fingerprint density at radius 3 is 2.60 bits per heavy atom. The lowest BCUT2D eigenvalue weighted by atomic mass is 10.2. The number of furan rings is 1. The number of hydrogen-bond acceptors (Lipinski definition) is 4. The molecule has 0 unspecified atom stereocenters. The van der Waals surface area contributed by atoms with Gasteiger partial charge in [0.15, 0.2) is 5.69 Å². The molecule has 0 fully saturated rings. The third kappa shape index (κ3) is 1.52. The molecule has 2 rings (SSSR count). The number of hydrogen-bond donors (Lipinski definition) is 1. The summed E-state index contributed by atoms with van der Waals surface area (Å²) in [5.41, 5.74) is 0.608. The molecule has 5 heteroatoms. The highest BCUT2D eigenvalue weighted by atomic mass is 16.4. The first-order valence-electron chi connectivity index (χ1n) is 4.35. The van der Waals surface area contributed by atoms with Crippen molar-refractivity contribution in [3.63, 3.8) is 0 Å². The zero-order valence-electron chi connectivity index (χ0n) is 8.27. The number of oxazole rings is 1. The first-order chi connectivity index (χ1) is 7.09. The predicted molar refractivity (Wildman–Crippen MR) is 50.6 cm³/mol. The van der Waals surface area contributed by atoms with Crippen molar-refractivity contribution in [2.75, 3.05) is 0 Å². The topological polar surface area (TPSA) is 76.5 Å². The van der Waals surface area contributed by atoms with E-state index < -0.39 is 5.97 Å². The number of carboxylic acid groups (broad SMARTS) is 1. The number of aromatic nitrogens is 1. The summed E-state index contributed by atoms with van der Waals surface area (Å²) >= 11 is 0. The van der Waals surface area contributed by atoms with Gasteiger partial charge in [-0.15, -0.1) is 0 Å². The zero-order chi connectivity index (χ0) is 11.0. The van der Waals surface area contributed by atoms with Crippen molar-refractivity contribution >= 4 is 5.97 Å². The molecule has 0 aliphatic heterocycles. The molecule has 2 aromatic rings. The van der Waals surface area contributed by atoms with E-state index in [1.54, 1.807) is 19.9 Å². The van der Waals surface area contributed by atoms with Gasteiger partial charge in [-0.1, -0.05) is 0 Å². The summed E-state index contributed by atoms with van der Waals surface area (Å²) < 4.78 is 10.3. The first kappa shape index (κ1) is 9.51. The second-order valence-electron chi connectivity index (χ2n) is 3.12. The van der Waals surface area contributed by atoms with Crippen LogP contribution in [0.3, 0.4) is 0 Å². The molecule has 0 amide bonds. The molecule has 78 valence electrons. The van der Waals surface area contributed by atoms with Crippen molar-refractivity contribution in [3.05, 3.63) is 29.5 Å². The molecular formula is C10H9NO4. The number of rotatable bonds is 2. The SMILES string of the molecule is Cc1occc1-c1nc(C(=O)O)c(C)o1. The van der Waals surface area contributed by atoms with Gasteiger partial charge in [0.05, 0.1) is 11.8 Å². The van der Waals surface area contributed by atoms with Crippen LogP contribution in [-0.4, -0.2) is 16.1 Å². The van der Waals surface area contributed by atoms with E-state index in [-0.39, 0.29) is 17.3 Å². The fourth-order valence-electron chi connectivity index (χ4n) is 1.32. The van der Waals surface area contributed by atoms with Gasteiger partial charge in [0.2, 0.25) is 5.89 Å². The van der Waals surface area contributed by atoms with Gasteiger partial charge in [0, 0.05) is 0 Å². The van der Waals surface area contributed by atoms with Gasteiger partial charge in [-0.3, -0.25) is 0 Å². The minimum atomic E-state index is -1.09. The summed E-state index contributed by atoms with van der Waals surface area (Å²) in [6, 6.07) is 1.69. The van der Waals surface area contributed by atoms with Crippen molar-refractivity contribution < 1.29 is 18.7 Å². The summed E-state index contributed by atoms with van der Waals surface area (Å²) in [5, 5.41) is 8.80. The van der Waals surface area contributed by atoms with Gasteiger partial charge >= 0.3 is 5.97 Å². The van der Waals surface area contributed by atoms with Crippen molar-refractivity contribution in [2.45, 2.75) is 13.8 Å². The Labute approximate surface area is 85.3 Å². The molecule has 0 aliphatic rings. The van der Waals surface area contributed by atoms with Gasteiger partial charge in [-0.25, -0.2) is 9.78 Å². The van der Waals surface area contributed by atoms with Crippen LogP contribution < -0.4 is 0 Å². The van der Waals surface area contributed by atoms with E-state index in [9.17, 15) is 4.79 Å². The fraction of sp³-hybridized carbons (Fsp3) is 0.200. The molecule has 0 atom stereocenters. The van der Waals surface area contributed by atoms with Crippen LogP contribution in [0, 0.1) is 13.8 Å². The van der Waals surface area contributed by atoms with Crippen LogP contribution >= 0.6 is 0 Å². The van der Waals surface area contributed by atoms with Gasteiger partial charge < -0.3 is 13.9 Å². The smallest absolute Gasteiger partial charge is 0.358 e. The molecule has 0 spiro atoms. The van der Waals surface area contributed by atoms with Crippen molar-refractivity contribution in [1.29, 1.82) is 0 Å². The molecular weight excluding hydrogens is 198 g/mol. The Balaban J connectivity index is 2.52. The maximum Gasteiger partial charge on any atom is 0.358 e. The van der Waals surface area contributed by atoms with Crippen LogP contribution in [0.25, 0.3) is 11.5 Å². The predicted octanol–water partition coefficient (Wildman–Crippen LogP) is 2.25. The molecule has 0 radical (unpaired) electrons.